The Morgan fingerprint density at radius 2 is 2.08 bits per heavy atom. The number of hydrogen-bond donors (Lipinski definition) is 3. The molecule has 0 saturated heterocycles. The van der Waals surface area contributed by atoms with E-state index in [-0.39, 0.29) is 13.2 Å². The van der Waals surface area contributed by atoms with E-state index in [1.807, 2.05) is 0 Å². The Hall–Kier alpha value is 0.515. The summed E-state index contributed by atoms with van der Waals surface area (Å²) >= 11 is 4.47. The normalized spacial score (nSPS) is 18.6. The maximum atomic E-state index is 9.13. The summed E-state index contributed by atoms with van der Waals surface area (Å²) in [5.41, 5.74) is 0. The predicted octanol–water partition coefficient (Wildman–Crippen LogP) is -1.28. The maximum absolute atomic E-state index is 9.13. The number of hydrogen-bond acceptors (Lipinski definition) is 5. The van der Waals surface area contributed by atoms with Gasteiger partial charge in [0.2, 0.25) is 0 Å². The molecule has 0 rings (SSSR count). The SMILES string of the molecule is [B]C(CO)OP(O)(=S)OCCO. The Bertz CT molecular complexity index is 168. The van der Waals surface area contributed by atoms with E-state index in [9.17, 15) is 0 Å². The molecule has 0 aliphatic heterocycles. The fourth-order valence-corrected chi connectivity index (χ4v) is 1.73. The van der Waals surface area contributed by atoms with Gasteiger partial charge in [0, 0.05) is 6.00 Å². The molecular formula is C4H10BO5PS. The van der Waals surface area contributed by atoms with E-state index < -0.39 is 19.3 Å². The second-order valence-electron chi connectivity index (χ2n) is 1.85. The van der Waals surface area contributed by atoms with Crippen LogP contribution in [0.1, 0.15) is 0 Å². The van der Waals surface area contributed by atoms with Crippen LogP contribution < -0.4 is 0 Å². The van der Waals surface area contributed by atoms with Gasteiger partial charge in [0.05, 0.1) is 19.8 Å². The summed E-state index contributed by atoms with van der Waals surface area (Å²) in [4.78, 5) is 9.13. The second kappa shape index (κ2) is 6.04. The third-order valence-electron chi connectivity index (χ3n) is 0.794. The molecule has 0 aromatic carbocycles. The smallest absolute Gasteiger partial charge is 0.324 e. The van der Waals surface area contributed by atoms with Gasteiger partial charge in [0.15, 0.2) is 0 Å². The first-order valence-corrected chi connectivity index (χ1v) is 5.74. The Labute approximate surface area is 77.0 Å². The van der Waals surface area contributed by atoms with Gasteiger partial charge >= 0.3 is 6.72 Å². The maximum Gasteiger partial charge on any atom is 0.324 e. The molecule has 0 aliphatic rings. The molecule has 12 heavy (non-hydrogen) atoms. The summed E-state index contributed by atoms with van der Waals surface area (Å²) in [6.07, 6.45) is 0. The summed E-state index contributed by atoms with van der Waals surface area (Å²) in [6.45, 7) is -4.24. The first-order valence-electron chi connectivity index (χ1n) is 3.15. The fraction of sp³-hybridized carbons (Fsp3) is 1.00. The van der Waals surface area contributed by atoms with E-state index >= 15 is 0 Å². The van der Waals surface area contributed by atoms with Crippen LogP contribution in [0.4, 0.5) is 0 Å². The van der Waals surface area contributed by atoms with E-state index in [4.69, 9.17) is 23.0 Å². The van der Waals surface area contributed by atoms with Crippen molar-refractivity contribution in [2.75, 3.05) is 19.8 Å². The van der Waals surface area contributed by atoms with Crippen molar-refractivity contribution in [1.82, 2.24) is 0 Å². The van der Waals surface area contributed by atoms with Gasteiger partial charge in [0.25, 0.3) is 0 Å². The zero-order chi connectivity index (χ0) is 9.61. The lowest BCUT2D eigenvalue weighted by molar-refractivity contribution is 0.120. The summed E-state index contributed by atoms with van der Waals surface area (Å²) in [5.74, 6) is 0. The molecule has 3 N–H and O–H groups in total. The fourth-order valence-electron chi connectivity index (χ4n) is 0.391. The highest BCUT2D eigenvalue weighted by Gasteiger charge is 2.17. The lowest BCUT2D eigenvalue weighted by Crippen LogP contribution is -2.16. The van der Waals surface area contributed by atoms with Crippen molar-refractivity contribution in [3.8, 4) is 0 Å². The topological polar surface area (TPSA) is 79.2 Å². The van der Waals surface area contributed by atoms with Crippen LogP contribution in [0.2, 0.25) is 0 Å². The Morgan fingerprint density at radius 1 is 1.50 bits per heavy atom. The molecule has 0 aliphatic carbocycles. The van der Waals surface area contributed by atoms with Gasteiger partial charge in [-0.15, -0.1) is 0 Å². The second-order valence-corrected chi connectivity index (χ2v) is 4.64. The van der Waals surface area contributed by atoms with Crippen molar-refractivity contribution in [3.05, 3.63) is 0 Å². The van der Waals surface area contributed by atoms with Crippen LogP contribution in [0.25, 0.3) is 0 Å². The molecule has 8 heteroatoms. The molecule has 0 fully saturated rings. The standard InChI is InChI=1S/C4H10BO5PS/c5-4(3-7)10-11(8,12)9-2-1-6/h4,6-7H,1-3H2,(H,8,12). The average Bonchev–Trinajstić information content (AvgIpc) is 2.00. The van der Waals surface area contributed by atoms with Crippen molar-refractivity contribution in [2.24, 2.45) is 0 Å². The Morgan fingerprint density at radius 3 is 2.50 bits per heavy atom. The Kier molecular flexibility index (Phi) is 6.30. The average molecular weight is 212 g/mol. The summed E-state index contributed by atoms with van der Waals surface area (Å²) in [7, 11) is 5.12. The van der Waals surface area contributed by atoms with Crippen LogP contribution in [0.15, 0.2) is 0 Å². The van der Waals surface area contributed by atoms with E-state index in [0.717, 1.165) is 0 Å². The van der Waals surface area contributed by atoms with Crippen molar-refractivity contribution in [3.63, 3.8) is 0 Å². The highest BCUT2D eigenvalue weighted by atomic mass is 32.5. The first kappa shape index (κ1) is 12.5. The minimum absolute atomic E-state index is 0.119. The molecule has 0 amide bonds. The van der Waals surface area contributed by atoms with Gasteiger partial charge in [-0.25, -0.2) is 0 Å². The molecule has 0 aromatic heterocycles. The predicted molar refractivity (Wildman–Crippen MR) is 47.3 cm³/mol. The van der Waals surface area contributed by atoms with Crippen LogP contribution in [-0.4, -0.2) is 48.8 Å². The summed E-state index contributed by atoms with van der Waals surface area (Å²) in [5, 5.41) is 16.7. The van der Waals surface area contributed by atoms with Crippen LogP contribution in [-0.2, 0) is 20.9 Å². The Balaban J connectivity index is 3.78. The molecule has 2 atom stereocenters. The molecule has 0 aromatic rings. The first-order chi connectivity index (χ1) is 5.52. The van der Waals surface area contributed by atoms with Gasteiger partial charge in [-0.3, -0.25) is 0 Å². The third kappa shape index (κ3) is 6.08. The molecular weight excluding hydrogens is 202 g/mol. The monoisotopic (exact) mass is 212 g/mol. The molecule has 0 saturated carbocycles. The molecule has 0 bridgehead atoms. The summed E-state index contributed by atoms with van der Waals surface area (Å²) in [6, 6.07) is -1.06. The molecule has 0 spiro atoms. The quantitative estimate of drug-likeness (QED) is 0.375. The van der Waals surface area contributed by atoms with Gasteiger partial charge in [-0.05, 0) is 11.8 Å². The molecule has 2 unspecified atom stereocenters. The van der Waals surface area contributed by atoms with Crippen LogP contribution >= 0.6 is 6.72 Å². The van der Waals surface area contributed by atoms with Crippen LogP contribution in [0, 0.1) is 0 Å². The van der Waals surface area contributed by atoms with Crippen LogP contribution in [0.3, 0.4) is 0 Å². The third-order valence-corrected chi connectivity index (χ3v) is 2.41. The van der Waals surface area contributed by atoms with E-state index in [1.54, 1.807) is 0 Å². The van der Waals surface area contributed by atoms with Crippen molar-refractivity contribution in [1.29, 1.82) is 0 Å². The largest absolute Gasteiger partial charge is 0.395 e. The lowest BCUT2D eigenvalue weighted by atomic mass is 10.0. The van der Waals surface area contributed by atoms with E-state index in [0.29, 0.717) is 0 Å². The molecule has 70 valence electrons. The zero-order valence-electron chi connectivity index (χ0n) is 6.29. The van der Waals surface area contributed by atoms with Gasteiger partial charge in [-0.2, -0.15) is 0 Å². The van der Waals surface area contributed by atoms with Crippen molar-refractivity contribution in [2.45, 2.75) is 6.00 Å². The van der Waals surface area contributed by atoms with Gasteiger partial charge in [0.1, 0.15) is 7.85 Å². The van der Waals surface area contributed by atoms with Gasteiger partial charge in [-0.1, -0.05) is 0 Å². The molecule has 2 radical (unpaired) electrons. The van der Waals surface area contributed by atoms with Crippen molar-refractivity contribution >= 4 is 26.4 Å². The van der Waals surface area contributed by atoms with E-state index in [2.05, 4.69) is 20.9 Å². The minimum atomic E-state index is -3.39. The van der Waals surface area contributed by atoms with Crippen molar-refractivity contribution < 1.29 is 24.2 Å². The summed E-state index contributed by atoms with van der Waals surface area (Å²) < 4.78 is 9.13. The minimum Gasteiger partial charge on any atom is -0.395 e. The molecule has 0 heterocycles. The molecule has 5 nitrogen and oxygen atoms in total. The number of aliphatic hydroxyl groups excluding tert-OH is 2. The number of rotatable bonds is 6. The highest BCUT2D eigenvalue weighted by molar-refractivity contribution is 8.07. The number of aliphatic hydroxyl groups is 2. The highest BCUT2D eigenvalue weighted by Crippen LogP contribution is 2.44. The zero-order valence-corrected chi connectivity index (χ0v) is 8.00. The van der Waals surface area contributed by atoms with E-state index in [1.165, 1.54) is 0 Å². The van der Waals surface area contributed by atoms with Crippen LogP contribution in [0.5, 0.6) is 0 Å². The van der Waals surface area contributed by atoms with Gasteiger partial charge < -0.3 is 24.2 Å². The lowest BCUT2D eigenvalue weighted by Gasteiger charge is -2.18.